The molecule has 1 aliphatic heterocycles. The van der Waals surface area contributed by atoms with Gasteiger partial charge >= 0.3 is 0 Å². The maximum Gasteiger partial charge on any atom is 0.294 e. The van der Waals surface area contributed by atoms with Crippen LogP contribution in [0.1, 0.15) is 11.3 Å². The van der Waals surface area contributed by atoms with Gasteiger partial charge in [0.2, 0.25) is 5.91 Å². The molecule has 2 heterocycles. The molecule has 6 nitrogen and oxygen atoms in total. The maximum absolute atomic E-state index is 12.4. The number of rotatable bonds is 4. The summed E-state index contributed by atoms with van der Waals surface area (Å²) in [6.07, 6.45) is 3.15. The molecule has 0 saturated carbocycles. The van der Waals surface area contributed by atoms with E-state index in [9.17, 15) is 14.4 Å². The van der Waals surface area contributed by atoms with Crippen LogP contribution in [-0.4, -0.2) is 33.5 Å². The van der Waals surface area contributed by atoms with E-state index >= 15 is 0 Å². The van der Waals surface area contributed by atoms with Crippen molar-refractivity contribution in [3.8, 4) is 0 Å². The molecular formula is C18H15N3O3S. The summed E-state index contributed by atoms with van der Waals surface area (Å²) in [6, 6.07) is 12.6. The summed E-state index contributed by atoms with van der Waals surface area (Å²) >= 11 is 0.807. The molecular weight excluding hydrogens is 338 g/mol. The molecule has 0 bridgehead atoms. The minimum Gasteiger partial charge on any atom is -0.324 e. The topological polar surface area (TPSA) is 79.4 Å². The molecule has 3 rings (SSSR count). The van der Waals surface area contributed by atoms with Crippen LogP contribution in [0, 0.1) is 6.92 Å². The third kappa shape index (κ3) is 3.95. The number of thioether (sulfide) groups is 1. The summed E-state index contributed by atoms with van der Waals surface area (Å²) in [5.41, 5.74) is 2.14. The second kappa shape index (κ2) is 7.31. The quantitative estimate of drug-likeness (QED) is 0.855. The van der Waals surface area contributed by atoms with Crippen molar-refractivity contribution in [1.82, 2.24) is 9.88 Å². The van der Waals surface area contributed by atoms with E-state index in [0.717, 1.165) is 22.2 Å². The molecule has 1 N–H and O–H groups in total. The molecule has 1 aliphatic rings. The number of imide groups is 1. The molecule has 3 amide bonds. The average molecular weight is 353 g/mol. The second-order valence-corrected chi connectivity index (χ2v) is 6.38. The van der Waals surface area contributed by atoms with Crippen molar-refractivity contribution in [3.05, 3.63) is 64.8 Å². The van der Waals surface area contributed by atoms with Crippen LogP contribution in [-0.2, 0) is 9.59 Å². The Labute approximate surface area is 148 Å². The predicted molar refractivity (Wildman–Crippen MR) is 96.7 cm³/mol. The highest BCUT2D eigenvalue weighted by Gasteiger charge is 2.36. The summed E-state index contributed by atoms with van der Waals surface area (Å²) < 4.78 is 0. The van der Waals surface area contributed by atoms with Crippen LogP contribution in [0.4, 0.5) is 10.5 Å². The first-order valence-corrected chi connectivity index (χ1v) is 8.38. The highest BCUT2D eigenvalue weighted by molar-refractivity contribution is 8.18. The van der Waals surface area contributed by atoms with Gasteiger partial charge in [0.15, 0.2) is 0 Å². The Bertz CT molecular complexity index is 865. The summed E-state index contributed by atoms with van der Waals surface area (Å²) in [5.74, 6) is -0.906. The molecule has 0 atom stereocenters. The first kappa shape index (κ1) is 16.9. The number of hydrogen-bond donors (Lipinski definition) is 1. The Morgan fingerprint density at radius 2 is 1.96 bits per heavy atom. The fraction of sp³-hybridized carbons (Fsp3) is 0.111. The Kier molecular flexibility index (Phi) is 4.95. The summed E-state index contributed by atoms with van der Waals surface area (Å²) in [7, 11) is 0. The molecule has 1 fully saturated rings. The molecule has 1 saturated heterocycles. The van der Waals surface area contributed by atoms with E-state index in [1.165, 1.54) is 0 Å². The van der Waals surface area contributed by atoms with E-state index in [2.05, 4.69) is 10.3 Å². The largest absolute Gasteiger partial charge is 0.324 e. The fourth-order valence-corrected chi connectivity index (χ4v) is 3.10. The van der Waals surface area contributed by atoms with E-state index in [0.29, 0.717) is 11.4 Å². The van der Waals surface area contributed by atoms with Gasteiger partial charge in [-0.15, -0.1) is 0 Å². The van der Waals surface area contributed by atoms with E-state index in [1.807, 2.05) is 19.1 Å². The van der Waals surface area contributed by atoms with Gasteiger partial charge in [-0.25, -0.2) is 0 Å². The van der Waals surface area contributed by atoms with Crippen LogP contribution in [0.3, 0.4) is 0 Å². The molecule has 0 radical (unpaired) electrons. The first-order chi connectivity index (χ1) is 12.0. The average Bonchev–Trinajstić information content (AvgIpc) is 2.85. The number of hydrogen-bond acceptors (Lipinski definition) is 5. The predicted octanol–water partition coefficient (Wildman–Crippen LogP) is 3.07. The van der Waals surface area contributed by atoms with Crippen LogP contribution in [0.5, 0.6) is 0 Å². The summed E-state index contributed by atoms with van der Waals surface area (Å²) in [4.78, 5) is 41.9. The number of anilines is 1. The Morgan fingerprint density at radius 1 is 1.20 bits per heavy atom. The standard InChI is InChI=1S/C18H15N3O3S/c1-12-6-2-3-8-14(12)20-16(22)11-21-17(23)15(25-18(21)24)10-13-7-4-5-9-19-13/h2-10H,11H2,1H3,(H,20,22)/b15-10-. The highest BCUT2D eigenvalue weighted by atomic mass is 32.2. The Balaban J connectivity index is 1.70. The number of benzene rings is 1. The summed E-state index contributed by atoms with van der Waals surface area (Å²) in [5, 5.41) is 2.25. The SMILES string of the molecule is Cc1ccccc1NC(=O)CN1C(=O)S/C(=C\c2ccccn2)C1=O. The zero-order chi connectivity index (χ0) is 17.8. The molecule has 7 heteroatoms. The van der Waals surface area contributed by atoms with E-state index < -0.39 is 17.1 Å². The third-order valence-corrected chi connectivity index (χ3v) is 4.47. The summed E-state index contributed by atoms with van der Waals surface area (Å²) in [6.45, 7) is 1.55. The number of aryl methyl sites for hydroxylation is 1. The molecule has 1 aromatic heterocycles. The van der Waals surface area contributed by atoms with Crippen molar-refractivity contribution in [2.45, 2.75) is 6.92 Å². The number of amides is 3. The van der Waals surface area contributed by atoms with Gasteiger partial charge in [0, 0.05) is 11.9 Å². The highest BCUT2D eigenvalue weighted by Crippen LogP contribution is 2.31. The van der Waals surface area contributed by atoms with Gasteiger partial charge in [-0.1, -0.05) is 24.3 Å². The van der Waals surface area contributed by atoms with Crippen molar-refractivity contribution in [3.63, 3.8) is 0 Å². The molecule has 0 unspecified atom stereocenters. The van der Waals surface area contributed by atoms with Gasteiger partial charge < -0.3 is 5.32 Å². The van der Waals surface area contributed by atoms with E-state index in [-0.39, 0.29) is 11.4 Å². The minimum atomic E-state index is -0.486. The Hall–Kier alpha value is -2.93. The molecule has 0 aliphatic carbocycles. The van der Waals surface area contributed by atoms with Crippen molar-refractivity contribution in [1.29, 1.82) is 0 Å². The van der Waals surface area contributed by atoms with E-state index in [1.54, 1.807) is 42.6 Å². The van der Waals surface area contributed by atoms with Gasteiger partial charge in [0.25, 0.3) is 11.1 Å². The minimum absolute atomic E-state index is 0.257. The monoisotopic (exact) mass is 353 g/mol. The zero-order valence-corrected chi connectivity index (χ0v) is 14.2. The van der Waals surface area contributed by atoms with Crippen molar-refractivity contribution >= 4 is 40.6 Å². The van der Waals surface area contributed by atoms with Crippen LogP contribution >= 0.6 is 11.8 Å². The van der Waals surface area contributed by atoms with Gasteiger partial charge in [-0.05, 0) is 48.5 Å². The number of nitrogens with one attached hydrogen (secondary N) is 1. The third-order valence-electron chi connectivity index (χ3n) is 3.56. The zero-order valence-electron chi connectivity index (χ0n) is 13.4. The van der Waals surface area contributed by atoms with Gasteiger partial charge in [0.05, 0.1) is 10.6 Å². The fourth-order valence-electron chi connectivity index (χ4n) is 2.28. The lowest BCUT2D eigenvalue weighted by Crippen LogP contribution is -2.36. The molecule has 1 aromatic carbocycles. The smallest absolute Gasteiger partial charge is 0.294 e. The normalized spacial score (nSPS) is 15.7. The van der Waals surface area contributed by atoms with Gasteiger partial charge in [-0.3, -0.25) is 24.3 Å². The first-order valence-electron chi connectivity index (χ1n) is 7.56. The van der Waals surface area contributed by atoms with Crippen LogP contribution in [0.2, 0.25) is 0 Å². The number of pyridine rings is 1. The second-order valence-electron chi connectivity index (χ2n) is 5.39. The Morgan fingerprint density at radius 3 is 2.68 bits per heavy atom. The molecule has 126 valence electrons. The van der Waals surface area contributed by atoms with Gasteiger partial charge in [-0.2, -0.15) is 0 Å². The number of para-hydroxylation sites is 1. The molecule has 2 aromatic rings. The maximum atomic E-state index is 12.4. The lowest BCUT2D eigenvalue weighted by Gasteiger charge is -2.13. The lowest BCUT2D eigenvalue weighted by atomic mass is 10.2. The molecule has 25 heavy (non-hydrogen) atoms. The van der Waals surface area contributed by atoms with E-state index in [4.69, 9.17) is 0 Å². The lowest BCUT2D eigenvalue weighted by molar-refractivity contribution is -0.127. The number of carbonyl (C=O) groups excluding carboxylic acids is 3. The number of carbonyl (C=O) groups is 3. The van der Waals surface area contributed by atoms with Crippen molar-refractivity contribution < 1.29 is 14.4 Å². The van der Waals surface area contributed by atoms with Crippen LogP contribution in [0.15, 0.2) is 53.6 Å². The van der Waals surface area contributed by atoms with Crippen molar-refractivity contribution in [2.24, 2.45) is 0 Å². The van der Waals surface area contributed by atoms with Crippen LogP contribution in [0.25, 0.3) is 6.08 Å². The van der Waals surface area contributed by atoms with Crippen molar-refractivity contribution in [2.75, 3.05) is 11.9 Å². The number of nitrogens with zero attached hydrogens (tertiary/aromatic N) is 2. The van der Waals surface area contributed by atoms with Gasteiger partial charge in [0.1, 0.15) is 6.54 Å². The number of aromatic nitrogens is 1. The van der Waals surface area contributed by atoms with Crippen LogP contribution < -0.4 is 5.32 Å². The molecule has 0 spiro atoms.